The lowest BCUT2D eigenvalue weighted by Gasteiger charge is -2.24. The van der Waals surface area contributed by atoms with Crippen molar-refractivity contribution in [2.24, 2.45) is 5.92 Å². The molecule has 2 aliphatic rings. The Morgan fingerprint density at radius 2 is 1.97 bits per heavy atom. The average molecular weight is 550 g/mol. The third-order valence-electron chi connectivity index (χ3n) is 5.45. The molecule has 0 radical (unpaired) electrons. The van der Waals surface area contributed by atoms with Gasteiger partial charge in [0.05, 0.1) is 3.57 Å². The number of carbonyl (C=O) groups excluding carboxylic acids is 3. The van der Waals surface area contributed by atoms with E-state index >= 15 is 0 Å². The molecule has 0 aliphatic carbocycles. The lowest BCUT2D eigenvalue weighted by Crippen LogP contribution is -2.39. The van der Waals surface area contributed by atoms with Crippen molar-refractivity contribution in [1.29, 1.82) is 0 Å². The van der Waals surface area contributed by atoms with Gasteiger partial charge in [-0.2, -0.15) is 0 Å². The van der Waals surface area contributed by atoms with Crippen LogP contribution in [0.15, 0.2) is 36.4 Å². The summed E-state index contributed by atoms with van der Waals surface area (Å²) < 4.78 is 6.51. The maximum atomic E-state index is 13.1. The fraction of sp³-hybridized carbons (Fsp3) is 0.348. The molecule has 4 rings (SSSR count). The zero-order chi connectivity index (χ0) is 22.3. The van der Waals surface area contributed by atoms with E-state index in [0.717, 1.165) is 20.3 Å². The van der Waals surface area contributed by atoms with Gasteiger partial charge in [0.15, 0.2) is 6.61 Å². The highest BCUT2D eigenvalue weighted by atomic mass is 127. The fourth-order valence-electron chi connectivity index (χ4n) is 4.11. The van der Waals surface area contributed by atoms with Gasteiger partial charge >= 0.3 is 0 Å². The standard InChI is InChI=1S/C23H23IN2O4S/c1-4-25-18(27)11-30-17-9-8-13(10-16(17)24)14-6-5-7-15-19(14)22-26(21(15)28)20(12(2)3)23(29)31-22/h5-10,12,20,22H,4,11H2,1-3H3,(H,25,27). The second kappa shape index (κ2) is 8.82. The molecule has 2 atom stereocenters. The van der Waals surface area contributed by atoms with Crippen LogP contribution in [0.1, 0.15) is 42.1 Å². The maximum absolute atomic E-state index is 13.1. The van der Waals surface area contributed by atoms with Crippen molar-refractivity contribution < 1.29 is 19.1 Å². The lowest BCUT2D eigenvalue weighted by atomic mass is 9.97. The number of carbonyl (C=O) groups is 3. The van der Waals surface area contributed by atoms with Crippen LogP contribution in [0.5, 0.6) is 5.75 Å². The number of benzene rings is 2. The summed E-state index contributed by atoms with van der Waals surface area (Å²) in [6.45, 7) is 6.34. The van der Waals surface area contributed by atoms with Crippen LogP contribution in [-0.2, 0) is 9.59 Å². The number of likely N-dealkylation sites (N-methyl/N-ethyl adjacent to an activating group) is 1. The van der Waals surface area contributed by atoms with Crippen molar-refractivity contribution in [1.82, 2.24) is 10.2 Å². The number of nitrogens with zero attached hydrogens (tertiary/aromatic N) is 1. The van der Waals surface area contributed by atoms with Crippen LogP contribution in [0.3, 0.4) is 0 Å². The van der Waals surface area contributed by atoms with Crippen LogP contribution >= 0.6 is 34.4 Å². The van der Waals surface area contributed by atoms with Gasteiger partial charge in [-0.05, 0) is 64.8 Å². The summed E-state index contributed by atoms with van der Waals surface area (Å²) in [6, 6.07) is 11.1. The molecule has 6 nitrogen and oxygen atoms in total. The summed E-state index contributed by atoms with van der Waals surface area (Å²) in [6.07, 6.45) is 0. The Kier molecular flexibility index (Phi) is 6.30. The minimum atomic E-state index is -0.395. The Morgan fingerprint density at radius 1 is 1.23 bits per heavy atom. The molecule has 8 heteroatoms. The molecule has 0 saturated carbocycles. The van der Waals surface area contributed by atoms with E-state index in [1.807, 2.05) is 57.2 Å². The summed E-state index contributed by atoms with van der Waals surface area (Å²) in [5, 5.41) is 2.47. The second-order valence-electron chi connectivity index (χ2n) is 7.84. The smallest absolute Gasteiger partial charge is 0.257 e. The van der Waals surface area contributed by atoms with Gasteiger partial charge in [-0.15, -0.1) is 0 Å². The number of amides is 2. The quantitative estimate of drug-likeness (QED) is 0.546. The molecule has 1 saturated heterocycles. The third kappa shape index (κ3) is 3.95. The van der Waals surface area contributed by atoms with Gasteiger partial charge < -0.3 is 15.0 Å². The molecule has 31 heavy (non-hydrogen) atoms. The molecule has 2 heterocycles. The minimum absolute atomic E-state index is 0.0369. The summed E-state index contributed by atoms with van der Waals surface area (Å²) in [5.74, 6) is 0.458. The van der Waals surface area contributed by atoms with Crippen molar-refractivity contribution >= 4 is 51.3 Å². The summed E-state index contributed by atoms with van der Waals surface area (Å²) >= 11 is 3.43. The van der Waals surface area contributed by atoms with Gasteiger partial charge in [0, 0.05) is 17.7 Å². The first-order valence-electron chi connectivity index (χ1n) is 10.2. The molecule has 1 fully saturated rings. The molecular formula is C23H23IN2O4S. The SMILES string of the molecule is CCNC(=O)COc1ccc(-c2cccc3c2C2SC(=O)C(C(C)C)N2C3=O)cc1I. The van der Waals surface area contributed by atoms with E-state index in [0.29, 0.717) is 17.9 Å². The number of thioether (sulfide) groups is 1. The van der Waals surface area contributed by atoms with E-state index in [4.69, 9.17) is 4.74 Å². The van der Waals surface area contributed by atoms with Crippen molar-refractivity contribution in [3.05, 3.63) is 51.1 Å². The van der Waals surface area contributed by atoms with Crippen LogP contribution in [0.25, 0.3) is 11.1 Å². The van der Waals surface area contributed by atoms with Crippen molar-refractivity contribution in [3.63, 3.8) is 0 Å². The van der Waals surface area contributed by atoms with Crippen LogP contribution < -0.4 is 10.1 Å². The van der Waals surface area contributed by atoms with Gasteiger partial charge in [-0.1, -0.05) is 43.8 Å². The van der Waals surface area contributed by atoms with Crippen molar-refractivity contribution in [2.75, 3.05) is 13.2 Å². The van der Waals surface area contributed by atoms with Crippen LogP contribution in [0.4, 0.5) is 0 Å². The van der Waals surface area contributed by atoms with Crippen molar-refractivity contribution in [2.45, 2.75) is 32.2 Å². The van der Waals surface area contributed by atoms with Crippen molar-refractivity contribution in [3.8, 4) is 16.9 Å². The van der Waals surface area contributed by atoms with Gasteiger partial charge in [0.2, 0.25) is 5.12 Å². The number of hydrogen-bond donors (Lipinski definition) is 1. The minimum Gasteiger partial charge on any atom is -0.483 e. The fourth-order valence-corrected chi connectivity index (χ4v) is 6.23. The zero-order valence-electron chi connectivity index (χ0n) is 17.5. The zero-order valence-corrected chi connectivity index (χ0v) is 20.5. The predicted molar refractivity (Wildman–Crippen MR) is 129 cm³/mol. The summed E-state index contributed by atoms with van der Waals surface area (Å²) in [4.78, 5) is 39.2. The molecule has 2 aromatic rings. The molecular weight excluding hydrogens is 527 g/mol. The first-order valence-corrected chi connectivity index (χ1v) is 12.1. The number of halogens is 1. The number of fused-ring (bicyclic) bond motifs is 3. The Hall–Kier alpha value is -2.07. The largest absolute Gasteiger partial charge is 0.483 e. The first-order chi connectivity index (χ1) is 14.8. The molecule has 162 valence electrons. The van der Waals surface area contributed by atoms with Gasteiger partial charge in [-0.25, -0.2) is 0 Å². The topological polar surface area (TPSA) is 75.7 Å². The van der Waals surface area contributed by atoms with E-state index in [1.54, 1.807) is 4.90 Å². The molecule has 0 spiro atoms. The van der Waals surface area contributed by atoms with Gasteiger partial charge in [0.25, 0.3) is 11.8 Å². The number of hydrogen-bond acceptors (Lipinski definition) is 5. The monoisotopic (exact) mass is 550 g/mol. The Balaban J connectivity index is 1.67. The summed E-state index contributed by atoms with van der Waals surface area (Å²) in [5.41, 5.74) is 3.46. The van der Waals surface area contributed by atoms with Gasteiger partial charge in [0.1, 0.15) is 17.2 Å². The highest BCUT2D eigenvalue weighted by Crippen LogP contribution is 2.53. The highest BCUT2D eigenvalue weighted by molar-refractivity contribution is 14.1. The van der Waals surface area contributed by atoms with Crippen LogP contribution in [-0.4, -0.2) is 41.0 Å². The van der Waals surface area contributed by atoms with E-state index < -0.39 is 6.04 Å². The Morgan fingerprint density at radius 3 is 2.65 bits per heavy atom. The normalized spacial score (nSPS) is 19.6. The first kappa shape index (κ1) is 22.1. The molecule has 0 aromatic heterocycles. The van der Waals surface area contributed by atoms with Crippen LogP contribution in [0, 0.1) is 9.49 Å². The van der Waals surface area contributed by atoms with Crippen LogP contribution in [0.2, 0.25) is 0 Å². The van der Waals surface area contributed by atoms with E-state index in [1.165, 1.54) is 11.8 Å². The van der Waals surface area contributed by atoms with E-state index in [-0.39, 0.29) is 34.8 Å². The molecule has 1 N–H and O–H groups in total. The predicted octanol–water partition coefficient (Wildman–Crippen LogP) is 4.23. The lowest BCUT2D eigenvalue weighted by molar-refractivity contribution is -0.123. The molecule has 0 bridgehead atoms. The Labute approximate surface area is 199 Å². The maximum Gasteiger partial charge on any atom is 0.257 e. The molecule has 2 amide bonds. The number of nitrogens with one attached hydrogen (secondary N) is 1. The average Bonchev–Trinajstić information content (AvgIpc) is 3.21. The Bertz CT molecular complexity index is 1070. The molecule has 2 unspecified atom stereocenters. The van der Waals surface area contributed by atoms with E-state index in [9.17, 15) is 14.4 Å². The highest BCUT2D eigenvalue weighted by Gasteiger charge is 2.52. The third-order valence-corrected chi connectivity index (χ3v) is 7.45. The molecule has 2 aliphatic heterocycles. The number of ether oxygens (including phenoxy) is 1. The summed E-state index contributed by atoms with van der Waals surface area (Å²) in [7, 11) is 0. The van der Waals surface area contributed by atoms with Gasteiger partial charge in [-0.3, -0.25) is 14.4 Å². The van der Waals surface area contributed by atoms with E-state index in [2.05, 4.69) is 27.9 Å². The second-order valence-corrected chi connectivity index (χ2v) is 10.1. The number of rotatable bonds is 6. The molecule has 2 aromatic carbocycles.